The molecule has 0 fully saturated rings. The molecule has 0 aliphatic heterocycles. The molecule has 1 atom stereocenters. The predicted octanol–water partition coefficient (Wildman–Crippen LogP) is 3.36. The minimum absolute atomic E-state index is 0.0527. The van der Waals surface area contributed by atoms with Gasteiger partial charge in [0.25, 0.3) is 0 Å². The summed E-state index contributed by atoms with van der Waals surface area (Å²) in [6, 6.07) is 7.91. The van der Waals surface area contributed by atoms with E-state index in [0.29, 0.717) is 0 Å². The fourth-order valence-corrected chi connectivity index (χ4v) is 2.28. The van der Waals surface area contributed by atoms with E-state index in [1.807, 2.05) is 38.1 Å². The largest absolute Gasteiger partial charge is 0.322 e. The first-order valence-electron chi connectivity index (χ1n) is 5.80. The Kier molecular flexibility index (Phi) is 2.59. The summed E-state index contributed by atoms with van der Waals surface area (Å²) in [7, 11) is 0. The number of nitrogens with one attached hydrogen (secondary N) is 1. The number of aromatic amines is 1. The van der Waals surface area contributed by atoms with Gasteiger partial charge >= 0.3 is 0 Å². The highest BCUT2D eigenvalue weighted by atomic mass is 35.5. The van der Waals surface area contributed by atoms with Gasteiger partial charge in [-0.05, 0) is 26.0 Å². The van der Waals surface area contributed by atoms with E-state index >= 15 is 0 Å². The summed E-state index contributed by atoms with van der Waals surface area (Å²) in [4.78, 5) is 7.77. The minimum atomic E-state index is -0.0527. The van der Waals surface area contributed by atoms with Gasteiger partial charge in [-0.2, -0.15) is 5.10 Å². The number of para-hydroxylation sites is 2. The van der Waals surface area contributed by atoms with Gasteiger partial charge in [0.2, 0.25) is 5.95 Å². The topological polar surface area (TPSA) is 46.5 Å². The number of nitrogens with zero attached hydrogens (tertiary/aromatic N) is 3. The Balaban J connectivity index is 2.14. The third-order valence-corrected chi connectivity index (χ3v) is 3.29. The summed E-state index contributed by atoms with van der Waals surface area (Å²) in [6.45, 7) is 3.93. The Hall–Kier alpha value is -1.81. The van der Waals surface area contributed by atoms with Crippen LogP contribution in [0.3, 0.4) is 0 Å². The van der Waals surface area contributed by atoms with Crippen LogP contribution < -0.4 is 0 Å². The third-order valence-electron chi connectivity index (χ3n) is 3.05. The highest BCUT2D eigenvalue weighted by molar-refractivity contribution is 6.20. The highest BCUT2D eigenvalue weighted by Gasteiger charge is 2.14. The molecule has 0 bridgehead atoms. The highest BCUT2D eigenvalue weighted by Crippen LogP contribution is 2.24. The van der Waals surface area contributed by atoms with E-state index in [1.165, 1.54) is 0 Å². The number of hydrogen-bond donors (Lipinski definition) is 1. The zero-order valence-corrected chi connectivity index (χ0v) is 10.9. The second-order valence-electron chi connectivity index (χ2n) is 4.29. The first kappa shape index (κ1) is 11.3. The molecule has 1 N–H and O–H groups in total. The molecule has 0 saturated carbocycles. The average Bonchev–Trinajstić information content (AvgIpc) is 2.91. The van der Waals surface area contributed by atoms with Crippen LogP contribution in [-0.2, 0) is 0 Å². The Bertz CT molecular complexity index is 663. The van der Waals surface area contributed by atoms with Crippen LogP contribution in [0.2, 0.25) is 0 Å². The number of halogens is 1. The van der Waals surface area contributed by atoms with E-state index in [4.69, 9.17) is 11.6 Å². The SMILES string of the molecule is Cc1c(C(C)Cl)cnn1-c1nc2ccccc2[nH]1. The molecule has 92 valence electrons. The van der Waals surface area contributed by atoms with Gasteiger partial charge in [0.1, 0.15) is 0 Å². The second kappa shape index (κ2) is 4.14. The van der Waals surface area contributed by atoms with Crippen molar-refractivity contribution < 1.29 is 0 Å². The fraction of sp³-hybridized carbons (Fsp3) is 0.231. The van der Waals surface area contributed by atoms with Gasteiger partial charge in [-0.1, -0.05) is 12.1 Å². The van der Waals surface area contributed by atoms with Gasteiger partial charge in [0.15, 0.2) is 0 Å². The van der Waals surface area contributed by atoms with Crippen molar-refractivity contribution in [2.24, 2.45) is 0 Å². The lowest BCUT2D eigenvalue weighted by Gasteiger charge is -2.02. The van der Waals surface area contributed by atoms with Gasteiger partial charge in [-0.15, -0.1) is 11.6 Å². The number of aromatic nitrogens is 4. The molecule has 3 rings (SSSR count). The molecule has 1 aromatic carbocycles. The van der Waals surface area contributed by atoms with Crippen LogP contribution in [0.25, 0.3) is 17.0 Å². The smallest absolute Gasteiger partial charge is 0.229 e. The Morgan fingerprint density at radius 2 is 2.11 bits per heavy atom. The van der Waals surface area contributed by atoms with Crippen molar-refractivity contribution in [3.05, 3.63) is 41.7 Å². The molecule has 1 unspecified atom stereocenters. The van der Waals surface area contributed by atoms with Crippen LogP contribution in [0.4, 0.5) is 0 Å². The minimum Gasteiger partial charge on any atom is -0.322 e. The van der Waals surface area contributed by atoms with Crippen molar-refractivity contribution in [3.63, 3.8) is 0 Å². The van der Waals surface area contributed by atoms with Crippen LogP contribution in [-0.4, -0.2) is 19.7 Å². The fourth-order valence-electron chi connectivity index (χ4n) is 2.07. The van der Waals surface area contributed by atoms with Crippen molar-refractivity contribution in [2.45, 2.75) is 19.2 Å². The third kappa shape index (κ3) is 1.69. The summed E-state index contributed by atoms with van der Waals surface area (Å²) in [5.41, 5.74) is 3.97. The summed E-state index contributed by atoms with van der Waals surface area (Å²) < 4.78 is 1.79. The maximum absolute atomic E-state index is 6.10. The van der Waals surface area contributed by atoms with Gasteiger partial charge in [0.05, 0.1) is 22.6 Å². The van der Waals surface area contributed by atoms with Crippen molar-refractivity contribution in [2.75, 3.05) is 0 Å². The molecule has 5 heteroatoms. The molecule has 0 saturated heterocycles. The van der Waals surface area contributed by atoms with E-state index in [0.717, 1.165) is 28.2 Å². The second-order valence-corrected chi connectivity index (χ2v) is 4.95. The number of fused-ring (bicyclic) bond motifs is 1. The van der Waals surface area contributed by atoms with E-state index in [1.54, 1.807) is 10.9 Å². The van der Waals surface area contributed by atoms with E-state index in [9.17, 15) is 0 Å². The van der Waals surface area contributed by atoms with Gasteiger partial charge in [-0.3, -0.25) is 0 Å². The number of rotatable bonds is 2. The number of imidazole rings is 1. The monoisotopic (exact) mass is 260 g/mol. The number of hydrogen-bond acceptors (Lipinski definition) is 2. The molecule has 0 aliphatic rings. The van der Waals surface area contributed by atoms with E-state index < -0.39 is 0 Å². The quantitative estimate of drug-likeness (QED) is 0.718. The van der Waals surface area contributed by atoms with Crippen LogP contribution in [0.5, 0.6) is 0 Å². The lowest BCUT2D eigenvalue weighted by atomic mass is 10.2. The molecule has 0 amide bonds. The lowest BCUT2D eigenvalue weighted by molar-refractivity contribution is 0.798. The zero-order valence-electron chi connectivity index (χ0n) is 10.2. The molecule has 2 aromatic heterocycles. The van der Waals surface area contributed by atoms with Crippen molar-refractivity contribution in [3.8, 4) is 5.95 Å². The summed E-state index contributed by atoms with van der Waals surface area (Å²) in [5.74, 6) is 0.720. The van der Waals surface area contributed by atoms with Crippen molar-refractivity contribution in [1.82, 2.24) is 19.7 Å². The molecular weight excluding hydrogens is 248 g/mol. The first-order valence-corrected chi connectivity index (χ1v) is 6.24. The van der Waals surface area contributed by atoms with Gasteiger partial charge in [-0.25, -0.2) is 9.67 Å². The zero-order chi connectivity index (χ0) is 12.7. The average molecular weight is 261 g/mol. The predicted molar refractivity (Wildman–Crippen MR) is 72.2 cm³/mol. The maximum atomic E-state index is 6.10. The molecule has 3 aromatic rings. The van der Waals surface area contributed by atoms with Gasteiger partial charge in [0, 0.05) is 11.3 Å². The Labute approximate surface area is 110 Å². The normalized spacial score (nSPS) is 13.1. The van der Waals surface area contributed by atoms with Crippen LogP contribution in [0, 0.1) is 6.92 Å². The van der Waals surface area contributed by atoms with Crippen LogP contribution >= 0.6 is 11.6 Å². The molecular formula is C13H13ClN4. The molecule has 0 radical (unpaired) electrons. The lowest BCUT2D eigenvalue weighted by Crippen LogP contribution is -2.01. The molecule has 0 spiro atoms. The van der Waals surface area contributed by atoms with Crippen LogP contribution in [0.15, 0.2) is 30.5 Å². The number of H-pyrrole nitrogens is 1. The first-order chi connectivity index (χ1) is 8.66. The summed E-state index contributed by atoms with van der Waals surface area (Å²) in [6.07, 6.45) is 1.79. The Morgan fingerprint density at radius 3 is 2.78 bits per heavy atom. The van der Waals surface area contributed by atoms with E-state index in [2.05, 4.69) is 15.1 Å². The number of benzene rings is 1. The Morgan fingerprint density at radius 1 is 1.33 bits per heavy atom. The maximum Gasteiger partial charge on any atom is 0.229 e. The van der Waals surface area contributed by atoms with Crippen molar-refractivity contribution >= 4 is 22.6 Å². The van der Waals surface area contributed by atoms with E-state index in [-0.39, 0.29) is 5.38 Å². The molecule has 0 aliphatic carbocycles. The van der Waals surface area contributed by atoms with Crippen LogP contribution in [0.1, 0.15) is 23.6 Å². The van der Waals surface area contributed by atoms with Crippen molar-refractivity contribution in [1.29, 1.82) is 0 Å². The summed E-state index contributed by atoms with van der Waals surface area (Å²) >= 11 is 6.10. The molecule has 2 heterocycles. The number of alkyl halides is 1. The van der Waals surface area contributed by atoms with Gasteiger partial charge < -0.3 is 4.98 Å². The summed E-state index contributed by atoms with van der Waals surface area (Å²) in [5, 5.41) is 4.29. The standard InChI is InChI=1S/C13H13ClN4/c1-8(14)10-7-15-18(9(10)2)13-16-11-5-3-4-6-12(11)17-13/h3-8H,1-2H3,(H,16,17). The molecule has 4 nitrogen and oxygen atoms in total. The molecule has 18 heavy (non-hydrogen) atoms.